The van der Waals surface area contributed by atoms with Crippen LogP contribution in [0.15, 0.2) is 52.1 Å². The molecule has 4 rings (SSSR count). The number of carbonyl (C=O) groups is 1. The van der Waals surface area contributed by atoms with Gasteiger partial charge in [-0.25, -0.2) is 13.9 Å². The molecular weight excluding hydrogens is 422 g/mol. The van der Waals surface area contributed by atoms with Crippen molar-refractivity contribution in [3.8, 4) is 5.75 Å². The molecule has 0 bridgehead atoms. The Kier molecular flexibility index (Phi) is 6.04. The van der Waals surface area contributed by atoms with Crippen LogP contribution in [0, 0.1) is 0 Å². The molecule has 0 saturated carbocycles. The number of ether oxygens (including phenoxy) is 1. The Balaban J connectivity index is 1.95. The molecule has 4 aromatic rings. The largest absolute Gasteiger partial charge is 0.497 e. The summed E-state index contributed by atoms with van der Waals surface area (Å²) in [5, 5.41) is 7.70. The van der Waals surface area contributed by atoms with E-state index < -0.39 is 0 Å². The van der Waals surface area contributed by atoms with E-state index in [1.807, 2.05) is 45.0 Å². The van der Waals surface area contributed by atoms with Crippen molar-refractivity contribution in [2.75, 3.05) is 7.11 Å². The van der Waals surface area contributed by atoms with Crippen molar-refractivity contribution in [3.05, 3.63) is 74.4 Å². The highest BCUT2D eigenvalue weighted by Gasteiger charge is 2.19. The minimum Gasteiger partial charge on any atom is -0.497 e. The van der Waals surface area contributed by atoms with Crippen LogP contribution in [0.1, 0.15) is 43.1 Å². The Labute approximate surface area is 190 Å². The van der Waals surface area contributed by atoms with Gasteiger partial charge in [-0.2, -0.15) is 0 Å². The van der Waals surface area contributed by atoms with E-state index in [-0.39, 0.29) is 35.5 Å². The molecule has 9 nitrogen and oxygen atoms in total. The number of nitrogens with zero attached hydrogens (tertiary/aromatic N) is 4. The molecule has 172 valence electrons. The van der Waals surface area contributed by atoms with Crippen LogP contribution in [0.25, 0.3) is 16.7 Å². The number of methoxy groups -OCH3 is 1. The fraction of sp³-hybridized carbons (Fsp3) is 0.333. The number of benzene rings is 2. The van der Waals surface area contributed by atoms with E-state index in [0.717, 1.165) is 5.56 Å². The van der Waals surface area contributed by atoms with E-state index in [0.29, 0.717) is 35.2 Å². The van der Waals surface area contributed by atoms with Gasteiger partial charge in [0, 0.05) is 18.2 Å². The number of amides is 1. The number of aryl methyl sites for hydroxylation is 1. The molecule has 0 aliphatic carbocycles. The highest BCUT2D eigenvalue weighted by molar-refractivity contribution is 5.98. The highest BCUT2D eigenvalue weighted by Crippen LogP contribution is 2.16. The SMILES string of the molecule is CCCn1c(=O)c2ccc(C(=O)NC(C)C)cc2n2c(=O)n(Cc3cccc(OC)c3)nc12. The summed E-state index contributed by atoms with van der Waals surface area (Å²) >= 11 is 0. The lowest BCUT2D eigenvalue weighted by Crippen LogP contribution is -2.30. The second-order valence-electron chi connectivity index (χ2n) is 8.24. The molecule has 33 heavy (non-hydrogen) atoms. The van der Waals surface area contributed by atoms with Crippen LogP contribution in [0.5, 0.6) is 5.75 Å². The third kappa shape index (κ3) is 4.13. The van der Waals surface area contributed by atoms with E-state index in [1.165, 1.54) is 13.6 Å². The van der Waals surface area contributed by atoms with Gasteiger partial charge in [0.25, 0.3) is 11.5 Å². The molecule has 2 aromatic carbocycles. The molecule has 0 saturated heterocycles. The van der Waals surface area contributed by atoms with E-state index in [4.69, 9.17) is 4.74 Å². The first-order valence-electron chi connectivity index (χ1n) is 10.9. The second kappa shape index (κ2) is 8.93. The number of aromatic nitrogens is 4. The van der Waals surface area contributed by atoms with E-state index in [9.17, 15) is 14.4 Å². The summed E-state index contributed by atoms with van der Waals surface area (Å²) in [4.78, 5) is 39.2. The van der Waals surface area contributed by atoms with Crippen LogP contribution in [-0.2, 0) is 13.1 Å². The van der Waals surface area contributed by atoms with Gasteiger partial charge in [-0.05, 0) is 56.2 Å². The summed E-state index contributed by atoms with van der Waals surface area (Å²) in [6, 6.07) is 12.1. The van der Waals surface area contributed by atoms with Gasteiger partial charge < -0.3 is 10.1 Å². The quantitative estimate of drug-likeness (QED) is 0.467. The van der Waals surface area contributed by atoms with Crippen LogP contribution < -0.4 is 21.3 Å². The van der Waals surface area contributed by atoms with Crippen molar-refractivity contribution in [1.82, 2.24) is 24.1 Å². The molecule has 2 aromatic heterocycles. The molecule has 0 aliphatic heterocycles. The van der Waals surface area contributed by atoms with Crippen LogP contribution >= 0.6 is 0 Å². The average Bonchev–Trinajstić information content (AvgIpc) is 3.11. The Morgan fingerprint density at radius 2 is 1.94 bits per heavy atom. The van der Waals surface area contributed by atoms with Crippen molar-refractivity contribution < 1.29 is 9.53 Å². The van der Waals surface area contributed by atoms with Gasteiger partial charge >= 0.3 is 5.69 Å². The van der Waals surface area contributed by atoms with Gasteiger partial charge in [-0.15, -0.1) is 5.10 Å². The number of rotatable bonds is 7. The molecule has 2 heterocycles. The predicted octanol–water partition coefficient (Wildman–Crippen LogP) is 2.42. The zero-order chi connectivity index (χ0) is 23.7. The fourth-order valence-corrected chi connectivity index (χ4v) is 3.87. The van der Waals surface area contributed by atoms with Crippen molar-refractivity contribution in [3.63, 3.8) is 0 Å². The number of carbonyl (C=O) groups excluding carboxylic acids is 1. The topological polar surface area (TPSA) is 99.6 Å². The normalized spacial score (nSPS) is 11.4. The van der Waals surface area contributed by atoms with Gasteiger partial charge in [0.2, 0.25) is 5.78 Å². The first-order chi connectivity index (χ1) is 15.8. The lowest BCUT2D eigenvalue weighted by Gasteiger charge is -2.11. The van der Waals surface area contributed by atoms with E-state index >= 15 is 0 Å². The second-order valence-corrected chi connectivity index (χ2v) is 8.24. The van der Waals surface area contributed by atoms with Crippen molar-refractivity contribution in [2.24, 2.45) is 0 Å². The molecule has 0 atom stereocenters. The highest BCUT2D eigenvalue weighted by atomic mass is 16.5. The Morgan fingerprint density at radius 3 is 2.64 bits per heavy atom. The van der Waals surface area contributed by atoms with Gasteiger partial charge in [-0.3, -0.25) is 14.2 Å². The standard InChI is InChI=1S/C24H27N5O4/c1-5-11-27-22(31)19-10-9-17(21(30)25-15(2)3)13-20(19)29-23(27)26-28(24(29)32)14-16-7-6-8-18(12-16)33-4/h6-10,12-13,15H,5,11,14H2,1-4H3,(H,25,30). The van der Waals surface area contributed by atoms with E-state index in [1.54, 1.807) is 25.3 Å². The third-order valence-corrected chi connectivity index (χ3v) is 5.37. The van der Waals surface area contributed by atoms with Gasteiger partial charge in [0.05, 0.1) is 24.6 Å². The fourth-order valence-electron chi connectivity index (χ4n) is 3.87. The first-order valence-corrected chi connectivity index (χ1v) is 10.9. The molecule has 0 unspecified atom stereocenters. The summed E-state index contributed by atoms with van der Waals surface area (Å²) in [7, 11) is 1.58. The summed E-state index contributed by atoms with van der Waals surface area (Å²) in [5.74, 6) is 0.664. The Hall–Kier alpha value is -3.88. The smallest absolute Gasteiger partial charge is 0.352 e. The van der Waals surface area contributed by atoms with Crippen LogP contribution in [0.4, 0.5) is 0 Å². The molecular formula is C24H27N5O4. The van der Waals surface area contributed by atoms with Crippen molar-refractivity contribution >= 4 is 22.6 Å². The minimum absolute atomic E-state index is 0.0425. The average molecular weight is 450 g/mol. The minimum atomic E-state index is -0.385. The van der Waals surface area contributed by atoms with E-state index in [2.05, 4.69) is 10.4 Å². The maximum Gasteiger partial charge on any atom is 0.352 e. The summed E-state index contributed by atoms with van der Waals surface area (Å²) in [6.45, 7) is 6.33. The molecule has 1 amide bonds. The Bertz CT molecular complexity index is 1460. The number of hydrogen-bond donors (Lipinski definition) is 1. The van der Waals surface area contributed by atoms with Gasteiger partial charge in [0.15, 0.2) is 0 Å². The van der Waals surface area contributed by atoms with Crippen LogP contribution in [0.2, 0.25) is 0 Å². The molecule has 9 heteroatoms. The van der Waals surface area contributed by atoms with Crippen LogP contribution in [-0.4, -0.2) is 37.8 Å². The Morgan fingerprint density at radius 1 is 1.15 bits per heavy atom. The third-order valence-electron chi connectivity index (χ3n) is 5.37. The molecule has 1 N–H and O–H groups in total. The maximum atomic E-state index is 13.4. The number of hydrogen-bond acceptors (Lipinski definition) is 5. The summed E-state index contributed by atoms with van der Waals surface area (Å²) in [6.07, 6.45) is 0.701. The summed E-state index contributed by atoms with van der Waals surface area (Å²) in [5.41, 5.74) is 0.946. The maximum absolute atomic E-state index is 13.4. The molecule has 0 fully saturated rings. The van der Waals surface area contributed by atoms with Crippen molar-refractivity contribution in [1.29, 1.82) is 0 Å². The predicted molar refractivity (Wildman–Crippen MR) is 126 cm³/mol. The van der Waals surface area contributed by atoms with Crippen LogP contribution in [0.3, 0.4) is 0 Å². The summed E-state index contributed by atoms with van der Waals surface area (Å²) < 4.78 is 9.53. The van der Waals surface area contributed by atoms with Gasteiger partial charge in [-0.1, -0.05) is 19.1 Å². The number of fused-ring (bicyclic) bond motifs is 3. The zero-order valence-corrected chi connectivity index (χ0v) is 19.2. The number of nitrogens with one attached hydrogen (secondary N) is 1. The first kappa shape index (κ1) is 22.3. The van der Waals surface area contributed by atoms with Crippen molar-refractivity contribution in [2.45, 2.75) is 46.3 Å². The molecule has 0 spiro atoms. The molecule has 0 radical (unpaired) electrons. The lowest BCUT2D eigenvalue weighted by molar-refractivity contribution is 0.0943. The zero-order valence-electron chi connectivity index (χ0n) is 19.2. The monoisotopic (exact) mass is 449 g/mol. The molecule has 0 aliphatic rings. The van der Waals surface area contributed by atoms with Gasteiger partial charge in [0.1, 0.15) is 5.75 Å². The lowest BCUT2D eigenvalue weighted by atomic mass is 10.1.